The third-order valence-electron chi connectivity index (χ3n) is 2.84. The second-order valence-electron chi connectivity index (χ2n) is 3.80. The molecule has 1 aromatic heterocycles. The largest absolute Gasteiger partial charge is 0.388 e. The average Bonchev–Trinajstić information content (AvgIpc) is 2.36. The fraction of sp³-hybridized carbons (Fsp3) is 0.500. The van der Waals surface area contributed by atoms with Crippen LogP contribution < -0.4 is 5.32 Å². The molecule has 4 nitrogen and oxygen atoms in total. The summed E-state index contributed by atoms with van der Waals surface area (Å²) in [7, 11) is 0. The summed E-state index contributed by atoms with van der Waals surface area (Å²) in [5, 5.41) is 22.0. The third-order valence-corrected chi connectivity index (χ3v) is 2.84. The topological polar surface area (TPSA) is 68.9 Å². The number of nitriles is 1. The number of anilines is 1. The maximum Gasteiger partial charge on any atom is 0.163 e. The highest BCUT2D eigenvalue weighted by atomic mass is 16.3. The van der Waals surface area contributed by atoms with Crippen LogP contribution in [0.3, 0.4) is 0 Å². The van der Waals surface area contributed by atoms with Crippen LogP contribution in [-0.4, -0.2) is 22.2 Å². The van der Waals surface area contributed by atoms with Crippen molar-refractivity contribution in [2.45, 2.75) is 32.3 Å². The van der Waals surface area contributed by atoms with E-state index in [0.29, 0.717) is 30.8 Å². The summed E-state index contributed by atoms with van der Waals surface area (Å²) in [4.78, 5) is 3.94. The van der Waals surface area contributed by atoms with Gasteiger partial charge in [0.2, 0.25) is 0 Å². The van der Waals surface area contributed by atoms with E-state index in [4.69, 9.17) is 5.26 Å². The maximum absolute atomic E-state index is 10.1. The zero-order chi connectivity index (χ0) is 12.0. The van der Waals surface area contributed by atoms with Crippen LogP contribution in [0.25, 0.3) is 0 Å². The van der Waals surface area contributed by atoms with E-state index >= 15 is 0 Å². The second kappa shape index (κ2) is 5.47. The molecular weight excluding hydrogens is 202 g/mol. The molecule has 16 heavy (non-hydrogen) atoms. The van der Waals surface area contributed by atoms with Crippen molar-refractivity contribution in [2.75, 3.05) is 11.9 Å². The minimum Gasteiger partial charge on any atom is -0.388 e. The first kappa shape index (κ1) is 12.5. The molecule has 1 aromatic rings. The number of aliphatic hydroxyl groups is 1. The summed E-state index contributed by atoms with van der Waals surface area (Å²) in [6, 6.07) is 5.57. The molecule has 0 aliphatic rings. The lowest BCUT2D eigenvalue weighted by Gasteiger charge is -2.26. The number of pyridine rings is 1. The highest BCUT2D eigenvalue weighted by Gasteiger charge is 2.21. The smallest absolute Gasteiger partial charge is 0.163 e. The highest BCUT2D eigenvalue weighted by Crippen LogP contribution is 2.17. The van der Waals surface area contributed by atoms with Crippen LogP contribution in [0.2, 0.25) is 0 Å². The van der Waals surface area contributed by atoms with Gasteiger partial charge in [-0.1, -0.05) is 13.8 Å². The molecule has 86 valence electrons. The Bertz CT molecular complexity index is 380. The molecule has 1 heterocycles. The number of hydrogen-bond donors (Lipinski definition) is 2. The Labute approximate surface area is 95.9 Å². The molecule has 0 atom stereocenters. The van der Waals surface area contributed by atoms with Crippen molar-refractivity contribution in [2.24, 2.45) is 0 Å². The van der Waals surface area contributed by atoms with Crippen molar-refractivity contribution >= 4 is 5.69 Å². The van der Waals surface area contributed by atoms with Gasteiger partial charge in [0, 0.05) is 12.7 Å². The van der Waals surface area contributed by atoms with Crippen molar-refractivity contribution in [1.82, 2.24) is 4.98 Å². The third kappa shape index (κ3) is 2.94. The van der Waals surface area contributed by atoms with Gasteiger partial charge in [-0.25, -0.2) is 4.98 Å². The van der Waals surface area contributed by atoms with Gasteiger partial charge in [0.05, 0.1) is 11.3 Å². The van der Waals surface area contributed by atoms with Crippen molar-refractivity contribution in [1.29, 1.82) is 5.26 Å². The zero-order valence-electron chi connectivity index (χ0n) is 9.70. The number of aromatic nitrogens is 1. The second-order valence-corrected chi connectivity index (χ2v) is 3.80. The van der Waals surface area contributed by atoms with E-state index < -0.39 is 5.60 Å². The predicted molar refractivity (Wildman–Crippen MR) is 63.0 cm³/mol. The van der Waals surface area contributed by atoms with Crippen LogP contribution in [0.1, 0.15) is 32.4 Å². The van der Waals surface area contributed by atoms with Gasteiger partial charge in [0.1, 0.15) is 6.07 Å². The summed E-state index contributed by atoms with van der Waals surface area (Å²) in [5.74, 6) is 0. The first-order chi connectivity index (χ1) is 7.65. The molecule has 0 fully saturated rings. The van der Waals surface area contributed by atoms with Crippen molar-refractivity contribution in [3.8, 4) is 6.07 Å². The van der Waals surface area contributed by atoms with Gasteiger partial charge in [-0.05, 0) is 25.0 Å². The Morgan fingerprint density at radius 1 is 1.50 bits per heavy atom. The minimum absolute atomic E-state index is 0.358. The van der Waals surface area contributed by atoms with Gasteiger partial charge in [-0.15, -0.1) is 0 Å². The summed E-state index contributed by atoms with van der Waals surface area (Å²) < 4.78 is 0. The number of hydrogen-bond acceptors (Lipinski definition) is 4. The van der Waals surface area contributed by atoms with E-state index in [9.17, 15) is 5.11 Å². The summed E-state index contributed by atoms with van der Waals surface area (Å²) >= 11 is 0. The molecule has 2 N–H and O–H groups in total. The van der Waals surface area contributed by atoms with Crippen LogP contribution in [0.5, 0.6) is 0 Å². The standard InChI is InChI=1S/C12H17N3O/c1-3-12(16,4-2)9-15-10-6-5-7-14-11(10)8-13/h5-7,15-16H,3-4,9H2,1-2H3. The molecule has 0 unspecified atom stereocenters. The lowest BCUT2D eigenvalue weighted by molar-refractivity contribution is 0.0457. The van der Waals surface area contributed by atoms with E-state index in [1.807, 2.05) is 19.9 Å². The average molecular weight is 219 g/mol. The number of nitrogens with zero attached hydrogens (tertiary/aromatic N) is 2. The van der Waals surface area contributed by atoms with E-state index in [1.165, 1.54) is 0 Å². The molecule has 0 aromatic carbocycles. The fourth-order valence-electron chi connectivity index (χ4n) is 1.40. The van der Waals surface area contributed by atoms with Gasteiger partial charge in [-0.2, -0.15) is 5.26 Å². The predicted octanol–water partition coefficient (Wildman–Crippen LogP) is 1.92. The van der Waals surface area contributed by atoms with Gasteiger partial charge in [0.15, 0.2) is 5.69 Å². The Morgan fingerprint density at radius 3 is 2.75 bits per heavy atom. The Morgan fingerprint density at radius 2 is 2.19 bits per heavy atom. The SMILES string of the molecule is CCC(O)(CC)CNc1cccnc1C#N. The number of nitrogens with one attached hydrogen (secondary N) is 1. The maximum atomic E-state index is 10.1. The minimum atomic E-state index is -0.720. The van der Waals surface area contributed by atoms with E-state index in [2.05, 4.69) is 10.3 Å². The zero-order valence-corrected chi connectivity index (χ0v) is 9.70. The van der Waals surface area contributed by atoms with Crippen LogP contribution in [-0.2, 0) is 0 Å². The van der Waals surface area contributed by atoms with Gasteiger partial charge in [-0.3, -0.25) is 0 Å². The lowest BCUT2D eigenvalue weighted by Crippen LogP contribution is -2.35. The first-order valence-electron chi connectivity index (χ1n) is 5.46. The Hall–Kier alpha value is -1.60. The monoisotopic (exact) mass is 219 g/mol. The quantitative estimate of drug-likeness (QED) is 0.793. The molecule has 0 saturated carbocycles. The highest BCUT2D eigenvalue weighted by molar-refractivity contribution is 5.53. The molecule has 0 bridgehead atoms. The van der Waals surface area contributed by atoms with Crippen LogP contribution in [0.4, 0.5) is 5.69 Å². The Kier molecular flexibility index (Phi) is 4.27. The van der Waals surface area contributed by atoms with E-state index in [0.717, 1.165) is 0 Å². The van der Waals surface area contributed by atoms with Gasteiger partial charge < -0.3 is 10.4 Å². The van der Waals surface area contributed by atoms with Crippen LogP contribution in [0.15, 0.2) is 18.3 Å². The normalized spacial score (nSPS) is 10.9. The molecule has 0 aliphatic carbocycles. The van der Waals surface area contributed by atoms with E-state index in [1.54, 1.807) is 18.3 Å². The molecule has 0 aliphatic heterocycles. The molecule has 0 spiro atoms. The summed E-state index contributed by atoms with van der Waals surface area (Å²) in [5.41, 5.74) is 0.310. The van der Waals surface area contributed by atoms with Gasteiger partial charge >= 0.3 is 0 Å². The van der Waals surface area contributed by atoms with Crippen molar-refractivity contribution < 1.29 is 5.11 Å². The summed E-state index contributed by atoms with van der Waals surface area (Å²) in [6.45, 7) is 4.32. The molecular formula is C12H17N3O. The molecule has 0 radical (unpaired) electrons. The fourth-order valence-corrected chi connectivity index (χ4v) is 1.40. The molecule has 0 amide bonds. The van der Waals surface area contributed by atoms with Crippen LogP contribution in [0, 0.1) is 11.3 Å². The van der Waals surface area contributed by atoms with E-state index in [-0.39, 0.29) is 0 Å². The van der Waals surface area contributed by atoms with Crippen LogP contribution >= 0.6 is 0 Å². The van der Waals surface area contributed by atoms with Crippen molar-refractivity contribution in [3.63, 3.8) is 0 Å². The molecule has 0 saturated heterocycles. The molecule has 4 heteroatoms. The first-order valence-corrected chi connectivity index (χ1v) is 5.46. The Balaban J connectivity index is 2.72. The van der Waals surface area contributed by atoms with Crippen molar-refractivity contribution in [3.05, 3.63) is 24.0 Å². The summed E-state index contributed by atoms with van der Waals surface area (Å²) in [6.07, 6.45) is 2.94. The lowest BCUT2D eigenvalue weighted by atomic mass is 9.97. The number of rotatable bonds is 5. The van der Waals surface area contributed by atoms with Gasteiger partial charge in [0.25, 0.3) is 0 Å². The molecule has 1 rings (SSSR count).